The van der Waals surface area contributed by atoms with E-state index in [1.165, 1.54) is 0 Å². The molecule has 2 aliphatic rings. The van der Waals surface area contributed by atoms with E-state index in [0.29, 0.717) is 0 Å². The molecule has 2 aliphatic heterocycles. The molecule has 0 bridgehead atoms. The van der Waals surface area contributed by atoms with E-state index < -0.39 is 37.0 Å². The van der Waals surface area contributed by atoms with Gasteiger partial charge in [0.05, 0.1) is 25.4 Å². The molecule has 0 aliphatic carbocycles. The van der Waals surface area contributed by atoms with Crippen LogP contribution in [-0.4, -0.2) is 70.6 Å². The van der Waals surface area contributed by atoms with Gasteiger partial charge in [0.15, 0.2) is 12.6 Å². The van der Waals surface area contributed by atoms with Crippen molar-refractivity contribution in [3.8, 4) is 0 Å². The molecule has 0 aromatic heterocycles. The quantitative estimate of drug-likeness (QED) is 0.446. The summed E-state index contributed by atoms with van der Waals surface area (Å²) >= 11 is 0. The molecule has 2 heterocycles. The number of ether oxygens (including phenoxy) is 3. The lowest BCUT2D eigenvalue weighted by Crippen LogP contribution is -2.48. The van der Waals surface area contributed by atoms with Crippen molar-refractivity contribution < 1.29 is 34.6 Å². The second-order valence-electron chi connectivity index (χ2n) is 4.44. The third-order valence-corrected chi connectivity index (χ3v) is 2.89. The lowest BCUT2D eigenvalue weighted by Gasteiger charge is -2.36. The fourth-order valence-electron chi connectivity index (χ4n) is 1.96. The van der Waals surface area contributed by atoms with Crippen molar-refractivity contribution in [1.82, 2.24) is 0 Å². The van der Waals surface area contributed by atoms with E-state index in [4.69, 9.17) is 19.3 Å². The molecular formula is C10H18O7. The van der Waals surface area contributed by atoms with Crippen LogP contribution in [0, 0.1) is 0 Å². The lowest BCUT2D eigenvalue weighted by atomic mass is 10.1. The van der Waals surface area contributed by atoms with Crippen molar-refractivity contribution in [3.63, 3.8) is 0 Å². The molecule has 7 heteroatoms. The summed E-state index contributed by atoms with van der Waals surface area (Å²) in [5.74, 6) is 0. The van der Waals surface area contributed by atoms with Gasteiger partial charge in [-0.25, -0.2) is 0 Å². The van der Waals surface area contributed by atoms with Gasteiger partial charge >= 0.3 is 0 Å². The smallest absolute Gasteiger partial charge is 0.184 e. The largest absolute Gasteiger partial charge is 0.391 e. The summed E-state index contributed by atoms with van der Waals surface area (Å²) in [5.41, 5.74) is 0. The fraction of sp³-hybridized carbons (Fsp3) is 1.00. The van der Waals surface area contributed by atoms with Crippen LogP contribution in [0.4, 0.5) is 0 Å². The Morgan fingerprint density at radius 3 is 2.29 bits per heavy atom. The highest BCUT2D eigenvalue weighted by molar-refractivity contribution is 4.77. The molecule has 17 heavy (non-hydrogen) atoms. The first-order valence-electron chi connectivity index (χ1n) is 5.67. The van der Waals surface area contributed by atoms with E-state index in [0.717, 1.165) is 0 Å². The van der Waals surface area contributed by atoms with Crippen molar-refractivity contribution in [3.05, 3.63) is 0 Å². The molecule has 2 rings (SSSR count). The third kappa shape index (κ3) is 3.35. The lowest BCUT2D eigenvalue weighted by molar-refractivity contribution is -0.286. The number of hydrogen-bond donors (Lipinski definition) is 4. The minimum atomic E-state index is -1.19. The van der Waals surface area contributed by atoms with Gasteiger partial charge in [0.2, 0.25) is 0 Å². The monoisotopic (exact) mass is 250 g/mol. The van der Waals surface area contributed by atoms with Gasteiger partial charge in [0.25, 0.3) is 0 Å². The molecule has 4 N–H and O–H groups in total. The molecule has 0 radical (unpaired) electrons. The Labute approximate surface area is 98.5 Å². The molecular weight excluding hydrogens is 232 g/mol. The Hall–Kier alpha value is -0.280. The van der Waals surface area contributed by atoms with Crippen LogP contribution in [0.2, 0.25) is 0 Å². The SMILES string of the molecule is O[C@@H]1CO[C@H](O[C@@H]2CO[C@H](O)[C@H](O)C2)[C@H](O)C1. The van der Waals surface area contributed by atoms with Gasteiger partial charge in [-0.05, 0) is 0 Å². The predicted octanol–water partition coefficient (Wildman–Crippen LogP) is -2.06. The molecule has 0 aromatic rings. The number of rotatable bonds is 2. The summed E-state index contributed by atoms with van der Waals surface area (Å²) in [5, 5.41) is 37.4. The van der Waals surface area contributed by atoms with Crippen LogP contribution >= 0.6 is 0 Å². The first-order valence-corrected chi connectivity index (χ1v) is 5.67. The Morgan fingerprint density at radius 1 is 0.882 bits per heavy atom. The standard InChI is InChI=1S/C10H18O7/c11-5-1-8(13)10(16-3-5)17-6-2-7(12)9(14)15-4-6/h5-14H,1-4H2/t5-,6-,7+,8+,9-,10+/m0/s1. The molecule has 2 saturated heterocycles. The van der Waals surface area contributed by atoms with Crippen LogP contribution in [0.3, 0.4) is 0 Å². The van der Waals surface area contributed by atoms with Gasteiger partial charge in [0, 0.05) is 12.8 Å². The van der Waals surface area contributed by atoms with Crippen LogP contribution in [0.1, 0.15) is 12.8 Å². The fourth-order valence-corrected chi connectivity index (χ4v) is 1.96. The third-order valence-electron chi connectivity index (χ3n) is 2.89. The highest BCUT2D eigenvalue weighted by Crippen LogP contribution is 2.21. The van der Waals surface area contributed by atoms with Gasteiger partial charge in [0.1, 0.15) is 12.2 Å². The Kier molecular flexibility index (Phi) is 4.31. The van der Waals surface area contributed by atoms with Crippen molar-refractivity contribution >= 4 is 0 Å². The maximum Gasteiger partial charge on any atom is 0.184 e. The first kappa shape index (κ1) is 13.2. The van der Waals surface area contributed by atoms with Gasteiger partial charge < -0.3 is 34.6 Å². The van der Waals surface area contributed by atoms with Gasteiger partial charge in [-0.3, -0.25) is 0 Å². The normalized spacial score (nSPS) is 48.0. The van der Waals surface area contributed by atoms with Gasteiger partial charge in [-0.1, -0.05) is 0 Å². The second-order valence-corrected chi connectivity index (χ2v) is 4.44. The number of aliphatic hydroxyl groups is 4. The minimum Gasteiger partial charge on any atom is -0.391 e. The summed E-state index contributed by atoms with van der Waals surface area (Å²) in [6, 6.07) is 0. The van der Waals surface area contributed by atoms with E-state index in [1.54, 1.807) is 0 Å². The molecule has 0 unspecified atom stereocenters. The van der Waals surface area contributed by atoms with Crippen LogP contribution in [-0.2, 0) is 14.2 Å². The highest BCUT2D eigenvalue weighted by atomic mass is 16.7. The molecule has 0 aromatic carbocycles. The van der Waals surface area contributed by atoms with Crippen molar-refractivity contribution in [2.75, 3.05) is 13.2 Å². The van der Waals surface area contributed by atoms with Gasteiger partial charge in [-0.15, -0.1) is 0 Å². The summed E-state index contributed by atoms with van der Waals surface area (Å²) in [6.45, 7) is 0.244. The summed E-state index contributed by atoms with van der Waals surface area (Å²) in [6.07, 6.45) is -4.62. The van der Waals surface area contributed by atoms with E-state index in [2.05, 4.69) is 0 Å². The van der Waals surface area contributed by atoms with E-state index in [9.17, 15) is 15.3 Å². The topological polar surface area (TPSA) is 109 Å². The van der Waals surface area contributed by atoms with Crippen molar-refractivity contribution in [2.24, 2.45) is 0 Å². The summed E-state index contributed by atoms with van der Waals surface area (Å²) in [4.78, 5) is 0. The number of hydrogen-bond acceptors (Lipinski definition) is 7. The van der Waals surface area contributed by atoms with E-state index >= 15 is 0 Å². The average Bonchev–Trinajstić information content (AvgIpc) is 2.27. The Bertz CT molecular complexity index is 249. The predicted molar refractivity (Wildman–Crippen MR) is 53.8 cm³/mol. The molecule has 6 atom stereocenters. The summed E-state index contributed by atoms with van der Waals surface area (Å²) < 4.78 is 15.5. The number of aliphatic hydroxyl groups excluding tert-OH is 4. The maximum absolute atomic E-state index is 9.63. The van der Waals surface area contributed by atoms with Crippen LogP contribution in [0.15, 0.2) is 0 Å². The molecule has 100 valence electrons. The van der Waals surface area contributed by atoms with Crippen LogP contribution in [0.5, 0.6) is 0 Å². The van der Waals surface area contributed by atoms with E-state index in [1.807, 2.05) is 0 Å². The van der Waals surface area contributed by atoms with Crippen LogP contribution < -0.4 is 0 Å². The molecule has 2 fully saturated rings. The van der Waals surface area contributed by atoms with E-state index in [-0.39, 0.29) is 26.1 Å². The van der Waals surface area contributed by atoms with Gasteiger partial charge in [-0.2, -0.15) is 0 Å². The maximum atomic E-state index is 9.63. The van der Waals surface area contributed by atoms with Crippen molar-refractivity contribution in [1.29, 1.82) is 0 Å². The minimum absolute atomic E-state index is 0.112. The zero-order chi connectivity index (χ0) is 12.4. The Morgan fingerprint density at radius 2 is 1.65 bits per heavy atom. The molecule has 0 amide bonds. The van der Waals surface area contributed by atoms with Crippen molar-refractivity contribution in [2.45, 2.75) is 49.8 Å². The zero-order valence-corrected chi connectivity index (χ0v) is 9.31. The second kappa shape index (κ2) is 5.57. The molecule has 0 saturated carbocycles. The van der Waals surface area contributed by atoms with Crippen LogP contribution in [0.25, 0.3) is 0 Å². The molecule has 0 spiro atoms. The summed E-state index contributed by atoms with van der Waals surface area (Å²) in [7, 11) is 0. The molecule has 7 nitrogen and oxygen atoms in total. The first-order chi connectivity index (χ1) is 8.06. The zero-order valence-electron chi connectivity index (χ0n) is 9.31. The average molecular weight is 250 g/mol. The Balaban J connectivity index is 1.81. The highest BCUT2D eigenvalue weighted by Gasteiger charge is 2.35.